The molecule has 2 N–H and O–H groups in total. The third kappa shape index (κ3) is 2.74. The third-order valence-corrected chi connectivity index (χ3v) is 4.43. The second kappa shape index (κ2) is 5.58. The van der Waals surface area contributed by atoms with Crippen LogP contribution < -0.4 is 10.6 Å². The van der Waals surface area contributed by atoms with Crippen molar-refractivity contribution < 1.29 is 4.79 Å². The van der Waals surface area contributed by atoms with Crippen molar-refractivity contribution in [1.29, 1.82) is 0 Å². The van der Waals surface area contributed by atoms with Crippen LogP contribution in [0.15, 0.2) is 51.4 Å². The van der Waals surface area contributed by atoms with E-state index < -0.39 is 0 Å². The van der Waals surface area contributed by atoms with Gasteiger partial charge in [0, 0.05) is 21.1 Å². The van der Waals surface area contributed by atoms with Gasteiger partial charge in [-0.25, -0.2) is 0 Å². The quantitative estimate of drug-likeness (QED) is 0.800. The molecular weight excluding hydrogens is 384 g/mol. The lowest BCUT2D eigenvalue weighted by Crippen LogP contribution is -2.32. The van der Waals surface area contributed by atoms with Crippen LogP contribution in [-0.4, -0.2) is 11.9 Å². The molecule has 0 saturated carbocycles. The topological polar surface area (TPSA) is 41.1 Å². The third-order valence-electron chi connectivity index (χ3n) is 3.28. The molecule has 0 unspecified atom stereocenters. The molecule has 0 fully saturated rings. The van der Waals surface area contributed by atoms with Crippen LogP contribution in [0.25, 0.3) is 0 Å². The van der Waals surface area contributed by atoms with E-state index in [2.05, 4.69) is 42.5 Å². The first kappa shape index (κ1) is 13.6. The van der Waals surface area contributed by atoms with Crippen LogP contribution in [0.2, 0.25) is 0 Å². The zero-order valence-electron chi connectivity index (χ0n) is 10.5. The van der Waals surface area contributed by atoms with Crippen molar-refractivity contribution >= 4 is 49.1 Å². The van der Waals surface area contributed by atoms with Crippen LogP contribution in [-0.2, 0) is 11.2 Å². The first-order chi connectivity index (χ1) is 9.63. The Morgan fingerprint density at radius 3 is 2.75 bits per heavy atom. The molecule has 2 aromatic rings. The minimum Gasteiger partial charge on any atom is -0.373 e. The Hall–Kier alpha value is -1.33. The van der Waals surface area contributed by atoms with Crippen LogP contribution in [0, 0.1) is 0 Å². The SMILES string of the molecule is O=C(Nc1ccc(Br)cc1Br)[C@@H]1Cc2ccccc2N1. The Morgan fingerprint density at radius 2 is 2.00 bits per heavy atom. The van der Waals surface area contributed by atoms with Crippen LogP contribution in [0.4, 0.5) is 11.4 Å². The number of hydrogen-bond acceptors (Lipinski definition) is 2. The zero-order chi connectivity index (χ0) is 14.1. The van der Waals surface area contributed by atoms with Gasteiger partial charge in [0.15, 0.2) is 0 Å². The van der Waals surface area contributed by atoms with Gasteiger partial charge >= 0.3 is 0 Å². The molecule has 0 spiro atoms. The first-order valence-corrected chi connectivity index (χ1v) is 7.82. The number of anilines is 2. The number of benzene rings is 2. The number of rotatable bonds is 2. The molecule has 3 nitrogen and oxygen atoms in total. The Kier molecular flexibility index (Phi) is 3.81. The van der Waals surface area contributed by atoms with Gasteiger partial charge in [0.05, 0.1) is 5.69 Å². The van der Waals surface area contributed by atoms with Crippen molar-refractivity contribution in [3.8, 4) is 0 Å². The smallest absolute Gasteiger partial charge is 0.247 e. The van der Waals surface area contributed by atoms with E-state index >= 15 is 0 Å². The minimum atomic E-state index is -0.219. The summed E-state index contributed by atoms with van der Waals surface area (Å²) in [7, 11) is 0. The molecule has 20 heavy (non-hydrogen) atoms. The monoisotopic (exact) mass is 394 g/mol. The number of amides is 1. The standard InChI is InChI=1S/C15H12Br2N2O/c16-10-5-6-13(11(17)8-10)19-15(20)14-7-9-3-1-2-4-12(9)18-14/h1-6,8,14,18H,7H2,(H,19,20)/t14-/m0/s1. The van der Waals surface area contributed by atoms with Gasteiger partial charge in [-0.2, -0.15) is 0 Å². The van der Waals surface area contributed by atoms with Gasteiger partial charge in [0.25, 0.3) is 0 Å². The van der Waals surface area contributed by atoms with E-state index in [9.17, 15) is 4.79 Å². The summed E-state index contributed by atoms with van der Waals surface area (Å²) in [4.78, 5) is 12.3. The highest BCUT2D eigenvalue weighted by molar-refractivity contribution is 9.11. The number of halogens is 2. The Bertz CT molecular complexity index is 648. The second-order valence-electron chi connectivity index (χ2n) is 4.67. The normalized spacial score (nSPS) is 16.4. The van der Waals surface area contributed by atoms with Gasteiger partial charge in [-0.3, -0.25) is 4.79 Å². The van der Waals surface area contributed by atoms with Crippen LogP contribution in [0.3, 0.4) is 0 Å². The summed E-state index contributed by atoms with van der Waals surface area (Å²) in [5.74, 6) is -0.0239. The molecule has 0 radical (unpaired) electrons. The number of carbonyl (C=O) groups is 1. The Morgan fingerprint density at radius 1 is 1.20 bits per heavy atom. The molecular formula is C15H12Br2N2O. The highest BCUT2D eigenvalue weighted by atomic mass is 79.9. The van der Waals surface area contributed by atoms with E-state index in [4.69, 9.17) is 0 Å². The molecule has 1 amide bonds. The molecule has 0 saturated heterocycles. The van der Waals surface area contributed by atoms with Gasteiger partial charge in [0.1, 0.15) is 6.04 Å². The second-order valence-corrected chi connectivity index (χ2v) is 6.44. The number of para-hydroxylation sites is 1. The molecule has 102 valence electrons. The molecule has 3 rings (SSSR count). The lowest BCUT2D eigenvalue weighted by molar-refractivity contribution is -0.116. The highest BCUT2D eigenvalue weighted by Gasteiger charge is 2.26. The van der Waals surface area contributed by atoms with Crippen molar-refractivity contribution in [3.05, 3.63) is 57.0 Å². The van der Waals surface area contributed by atoms with Gasteiger partial charge in [-0.05, 0) is 45.8 Å². The summed E-state index contributed by atoms with van der Waals surface area (Å²) in [6.07, 6.45) is 0.718. The lowest BCUT2D eigenvalue weighted by Gasteiger charge is -2.13. The fourth-order valence-electron chi connectivity index (χ4n) is 2.27. The van der Waals surface area contributed by atoms with Crippen molar-refractivity contribution in [2.75, 3.05) is 10.6 Å². The Labute approximate surface area is 134 Å². The molecule has 1 aliphatic rings. The number of carbonyl (C=O) groups excluding carboxylic acids is 1. The lowest BCUT2D eigenvalue weighted by atomic mass is 10.1. The summed E-state index contributed by atoms with van der Waals surface area (Å²) in [5, 5.41) is 6.19. The van der Waals surface area contributed by atoms with Gasteiger partial charge in [-0.1, -0.05) is 34.1 Å². The molecule has 2 aromatic carbocycles. The fourth-order valence-corrected chi connectivity index (χ4v) is 3.41. The molecule has 0 bridgehead atoms. The van der Waals surface area contributed by atoms with Crippen molar-refractivity contribution in [2.45, 2.75) is 12.5 Å². The summed E-state index contributed by atoms with van der Waals surface area (Å²) in [6.45, 7) is 0. The maximum absolute atomic E-state index is 12.3. The fraction of sp³-hybridized carbons (Fsp3) is 0.133. The van der Waals surface area contributed by atoms with Crippen LogP contribution >= 0.6 is 31.9 Å². The van der Waals surface area contributed by atoms with E-state index in [1.165, 1.54) is 5.56 Å². The Balaban J connectivity index is 1.72. The number of nitrogens with one attached hydrogen (secondary N) is 2. The predicted octanol–water partition coefficient (Wildman–Crippen LogP) is 4.19. The molecule has 0 aromatic heterocycles. The number of fused-ring (bicyclic) bond motifs is 1. The molecule has 0 aliphatic carbocycles. The average molecular weight is 396 g/mol. The van der Waals surface area contributed by atoms with Crippen molar-refractivity contribution in [3.63, 3.8) is 0 Å². The van der Waals surface area contributed by atoms with E-state index in [0.717, 1.165) is 26.7 Å². The van der Waals surface area contributed by atoms with Gasteiger partial charge < -0.3 is 10.6 Å². The van der Waals surface area contributed by atoms with Crippen LogP contribution in [0.1, 0.15) is 5.56 Å². The first-order valence-electron chi connectivity index (χ1n) is 6.24. The summed E-state index contributed by atoms with van der Waals surface area (Å²) >= 11 is 6.84. The van der Waals surface area contributed by atoms with Crippen molar-refractivity contribution in [1.82, 2.24) is 0 Å². The van der Waals surface area contributed by atoms with Gasteiger partial charge in [-0.15, -0.1) is 0 Å². The molecule has 1 heterocycles. The van der Waals surface area contributed by atoms with E-state index in [1.807, 2.05) is 42.5 Å². The predicted molar refractivity (Wildman–Crippen MR) is 88.0 cm³/mol. The molecule has 5 heteroatoms. The van der Waals surface area contributed by atoms with Crippen LogP contribution in [0.5, 0.6) is 0 Å². The van der Waals surface area contributed by atoms with Gasteiger partial charge in [0.2, 0.25) is 5.91 Å². The largest absolute Gasteiger partial charge is 0.373 e. The zero-order valence-corrected chi connectivity index (χ0v) is 13.7. The minimum absolute atomic E-state index is 0.0239. The maximum atomic E-state index is 12.3. The van der Waals surface area contributed by atoms with E-state index in [1.54, 1.807) is 0 Å². The summed E-state index contributed by atoms with van der Waals surface area (Å²) < 4.78 is 1.82. The summed E-state index contributed by atoms with van der Waals surface area (Å²) in [5.41, 5.74) is 3.00. The molecule has 1 aliphatic heterocycles. The van der Waals surface area contributed by atoms with E-state index in [0.29, 0.717) is 0 Å². The van der Waals surface area contributed by atoms with E-state index in [-0.39, 0.29) is 11.9 Å². The number of hydrogen-bond donors (Lipinski definition) is 2. The maximum Gasteiger partial charge on any atom is 0.247 e. The van der Waals surface area contributed by atoms with Crippen molar-refractivity contribution in [2.24, 2.45) is 0 Å². The average Bonchev–Trinajstić information content (AvgIpc) is 2.86. The summed E-state index contributed by atoms with van der Waals surface area (Å²) in [6, 6.07) is 13.5. The highest BCUT2D eigenvalue weighted by Crippen LogP contribution is 2.28. The molecule has 1 atom stereocenters.